The van der Waals surface area contributed by atoms with Crippen LogP contribution in [0, 0.1) is 10.1 Å². The van der Waals surface area contributed by atoms with Crippen LogP contribution in [0.5, 0.6) is 23.0 Å². The summed E-state index contributed by atoms with van der Waals surface area (Å²) in [6, 6.07) is 26.9. The lowest BCUT2D eigenvalue weighted by molar-refractivity contribution is -0.385. The normalized spacial score (nSPS) is 11.4. The molecule has 0 aromatic heterocycles. The average Bonchev–Trinajstić information content (AvgIpc) is 3.31. The summed E-state index contributed by atoms with van der Waals surface area (Å²) in [5.41, 5.74) is 0.998. The van der Waals surface area contributed by atoms with Gasteiger partial charge in [-0.1, -0.05) is 192 Å². The minimum atomic E-state index is -1.53. The van der Waals surface area contributed by atoms with Crippen molar-refractivity contribution in [3.05, 3.63) is 123 Å². The predicted octanol–water partition coefficient (Wildman–Crippen LogP) is 16.2. The Morgan fingerprint density at radius 3 is 1.19 bits per heavy atom. The molecule has 0 heterocycles. The molecule has 1 N–H and O–H groups in total. The van der Waals surface area contributed by atoms with Gasteiger partial charge in [-0.3, -0.25) is 10.1 Å². The summed E-state index contributed by atoms with van der Waals surface area (Å²) in [4.78, 5) is 24.0. The lowest BCUT2D eigenvalue weighted by atomic mass is 9.64. The van der Waals surface area contributed by atoms with Crippen LogP contribution in [0.15, 0.2) is 91.0 Å². The van der Waals surface area contributed by atoms with Crippen molar-refractivity contribution in [3.63, 3.8) is 0 Å². The van der Waals surface area contributed by atoms with Gasteiger partial charge in [0.05, 0.1) is 30.7 Å². The van der Waals surface area contributed by atoms with Gasteiger partial charge in [0.1, 0.15) is 23.0 Å². The van der Waals surface area contributed by atoms with Gasteiger partial charge in [-0.25, -0.2) is 4.79 Å². The highest BCUT2D eigenvalue weighted by Gasteiger charge is 2.42. The first-order chi connectivity index (χ1) is 31.3. The van der Waals surface area contributed by atoms with Crippen molar-refractivity contribution in [2.75, 3.05) is 20.3 Å². The first-order valence-corrected chi connectivity index (χ1v) is 24.6. The van der Waals surface area contributed by atoms with E-state index >= 15 is 0 Å². The summed E-state index contributed by atoms with van der Waals surface area (Å²) >= 11 is 0. The van der Waals surface area contributed by atoms with Gasteiger partial charge in [-0.15, -0.1) is 0 Å². The van der Waals surface area contributed by atoms with Gasteiger partial charge in [0.2, 0.25) is 0 Å². The smallest absolute Gasteiger partial charge is 0.497 e. The summed E-state index contributed by atoms with van der Waals surface area (Å²) in [7, 11) is 1.59. The van der Waals surface area contributed by atoms with E-state index < -0.39 is 16.5 Å². The number of ether oxygens (including phenoxy) is 4. The summed E-state index contributed by atoms with van der Waals surface area (Å²) in [6.45, 7) is 5.72. The van der Waals surface area contributed by atoms with Crippen molar-refractivity contribution >= 4 is 11.8 Å². The van der Waals surface area contributed by atoms with E-state index in [-0.39, 0.29) is 11.4 Å². The van der Waals surface area contributed by atoms with E-state index in [1.165, 1.54) is 147 Å². The van der Waals surface area contributed by atoms with E-state index in [0.29, 0.717) is 36.0 Å². The molecule has 0 aliphatic carbocycles. The zero-order chi connectivity index (χ0) is 45.7. The van der Waals surface area contributed by atoms with E-state index in [1.54, 1.807) is 7.11 Å². The highest BCUT2D eigenvalue weighted by atomic mass is 16.7. The lowest BCUT2D eigenvalue weighted by Crippen LogP contribution is -2.32. The quantitative estimate of drug-likeness (QED) is 0.0121. The molecule has 350 valence electrons. The molecular formula is C55H77NO8. The fourth-order valence-electron chi connectivity index (χ4n) is 8.78. The minimum absolute atomic E-state index is 0.0199. The van der Waals surface area contributed by atoms with E-state index in [2.05, 4.69) is 13.8 Å². The number of nitrogens with zero attached hydrogens (tertiary/aromatic N) is 1. The summed E-state index contributed by atoms with van der Waals surface area (Å²) in [5, 5.41) is 22.2. The first kappa shape index (κ1) is 51.6. The summed E-state index contributed by atoms with van der Waals surface area (Å²) < 4.78 is 23.4. The fourth-order valence-corrected chi connectivity index (χ4v) is 8.78. The maximum atomic E-state index is 12.3. The molecule has 0 amide bonds. The van der Waals surface area contributed by atoms with Crippen LogP contribution in [0.1, 0.15) is 190 Å². The molecule has 4 aromatic rings. The number of carboxylic acid groups (broad SMARTS) is 1. The second-order valence-electron chi connectivity index (χ2n) is 17.3. The van der Waals surface area contributed by atoms with Crippen molar-refractivity contribution in [2.45, 2.75) is 173 Å². The van der Waals surface area contributed by atoms with Crippen LogP contribution in [0.3, 0.4) is 0 Å². The maximum Gasteiger partial charge on any atom is 0.511 e. The summed E-state index contributed by atoms with van der Waals surface area (Å²) in [5.74, 6) is 2.02. The molecule has 0 radical (unpaired) electrons. The number of nitro groups is 1. The standard InChI is InChI=1S/C55H77NO8/c1-4-6-8-10-12-14-16-18-20-22-24-26-42-62-50-37-30-46(31-38-50)55(45-28-35-49(61-3)36-29-45,52-44-48(56(59)60)34-41-53(52)64-54(57)58)47-32-39-51(40-33-47)63-43-27-25-23-21-19-17-15-13-11-9-7-5-2/h28-41,44H,4-27,42-43H2,1-3H3,(H,57,58). The molecule has 0 bridgehead atoms. The number of methoxy groups -OCH3 is 1. The van der Waals surface area contributed by atoms with Crippen LogP contribution in [-0.4, -0.2) is 36.5 Å². The van der Waals surface area contributed by atoms with Gasteiger partial charge >= 0.3 is 6.16 Å². The third kappa shape index (κ3) is 17.2. The highest BCUT2D eigenvalue weighted by molar-refractivity contribution is 5.69. The Morgan fingerprint density at radius 2 is 0.859 bits per heavy atom. The Labute approximate surface area is 384 Å². The Bertz CT molecular complexity index is 1800. The molecule has 0 spiro atoms. The molecule has 0 atom stereocenters. The molecular weight excluding hydrogens is 803 g/mol. The number of non-ortho nitro benzene ring substituents is 1. The van der Waals surface area contributed by atoms with E-state index in [4.69, 9.17) is 18.9 Å². The molecule has 0 aliphatic rings. The van der Waals surface area contributed by atoms with Crippen LogP contribution in [0.4, 0.5) is 10.5 Å². The third-order valence-electron chi connectivity index (χ3n) is 12.4. The number of hydrogen-bond acceptors (Lipinski definition) is 7. The topological polar surface area (TPSA) is 117 Å². The zero-order valence-electron chi connectivity index (χ0n) is 39.3. The second-order valence-corrected chi connectivity index (χ2v) is 17.3. The molecule has 4 rings (SSSR count). The molecule has 0 unspecified atom stereocenters. The van der Waals surface area contributed by atoms with Crippen molar-refractivity contribution in [3.8, 4) is 23.0 Å². The number of hydrogen-bond donors (Lipinski definition) is 1. The first-order valence-electron chi connectivity index (χ1n) is 24.6. The van der Waals surface area contributed by atoms with Crippen molar-refractivity contribution in [1.82, 2.24) is 0 Å². The van der Waals surface area contributed by atoms with Crippen molar-refractivity contribution in [1.29, 1.82) is 0 Å². The van der Waals surface area contributed by atoms with Gasteiger partial charge < -0.3 is 24.1 Å². The maximum absolute atomic E-state index is 12.3. The number of benzene rings is 4. The summed E-state index contributed by atoms with van der Waals surface area (Å²) in [6.07, 6.45) is 29.0. The van der Waals surface area contributed by atoms with Crippen LogP contribution >= 0.6 is 0 Å². The molecule has 4 aromatic carbocycles. The molecule has 0 fully saturated rings. The van der Waals surface area contributed by atoms with Gasteiger partial charge in [0.25, 0.3) is 5.69 Å². The number of rotatable bonds is 35. The monoisotopic (exact) mass is 880 g/mol. The number of unbranched alkanes of at least 4 members (excludes halogenated alkanes) is 22. The van der Waals surface area contributed by atoms with E-state index in [0.717, 1.165) is 42.4 Å². The average molecular weight is 880 g/mol. The Morgan fingerprint density at radius 1 is 0.516 bits per heavy atom. The molecule has 0 saturated carbocycles. The van der Waals surface area contributed by atoms with Gasteiger partial charge in [-0.05, 0) is 72.0 Å². The molecule has 0 saturated heterocycles. The Balaban J connectivity index is 1.52. The number of carbonyl (C=O) groups is 1. The largest absolute Gasteiger partial charge is 0.511 e. The van der Waals surface area contributed by atoms with Crippen LogP contribution in [-0.2, 0) is 5.41 Å². The van der Waals surface area contributed by atoms with Crippen LogP contribution in [0.25, 0.3) is 0 Å². The minimum Gasteiger partial charge on any atom is -0.497 e. The van der Waals surface area contributed by atoms with E-state index in [9.17, 15) is 20.0 Å². The van der Waals surface area contributed by atoms with Crippen LogP contribution in [0.2, 0.25) is 0 Å². The highest BCUT2D eigenvalue weighted by Crippen LogP contribution is 2.50. The fraction of sp³-hybridized carbons (Fsp3) is 0.545. The SMILES string of the molecule is CCCCCCCCCCCCCCOc1ccc(C(c2ccc(OC)cc2)(c2ccc(OCCCCCCCCCCCCCC)cc2)c2cc([N+](=O)[O-])ccc2OC(=O)O)cc1. The van der Waals surface area contributed by atoms with Gasteiger partial charge in [0.15, 0.2) is 0 Å². The second kappa shape index (κ2) is 30.2. The predicted molar refractivity (Wildman–Crippen MR) is 260 cm³/mol. The molecule has 9 heteroatoms. The van der Waals surface area contributed by atoms with Gasteiger partial charge in [-0.2, -0.15) is 0 Å². The van der Waals surface area contributed by atoms with Crippen LogP contribution < -0.4 is 18.9 Å². The van der Waals surface area contributed by atoms with E-state index in [1.807, 2.05) is 72.8 Å². The lowest BCUT2D eigenvalue weighted by Gasteiger charge is -2.37. The van der Waals surface area contributed by atoms with Crippen molar-refractivity contribution < 1.29 is 33.8 Å². The van der Waals surface area contributed by atoms with Gasteiger partial charge in [0, 0.05) is 17.7 Å². The molecule has 0 aliphatic heterocycles. The molecule has 9 nitrogen and oxygen atoms in total. The third-order valence-corrected chi connectivity index (χ3v) is 12.4. The zero-order valence-corrected chi connectivity index (χ0v) is 39.3. The Kier molecular flexibility index (Phi) is 24.3. The number of nitro benzene ring substituents is 1. The molecule has 64 heavy (non-hydrogen) atoms. The van der Waals surface area contributed by atoms with Crippen molar-refractivity contribution in [2.24, 2.45) is 0 Å². The Hall–Kier alpha value is -5.05.